The maximum absolute atomic E-state index is 11.0. The molecule has 92 valence electrons. The molecule has 0 amide bonds. The van der Waals surface area contributed by atoms with Crippen LogP contribution >= 0.6 is 0 Å². The van der Waals surface area contributed by atoms with E-state index in [0.29, 0.717) is 11.1 Å². The number of hydrogen-bond acceptors (Lipinski definition) is 3. The fourth-order valence-corrected chi connectivity index (χ4v) is 1.88. The van der Waals surface area contributed by atoms with Crippen LogP contribution in [0.2, 0.25) is 0 Å². The highest BCUT2D eigenvalue weighted by atomic mass is 16.6. The van der Waals surface area contributed by atoms with Crippen LogP contribution in [0.3, 0.4) is 0 Å². The lowest BCUT2D eigenvalue weighted by Crippen LogP contribution is -1.92. The van der Waals surface area contributed by atoms with Gasteiger partial charge in [0.1, 0.15) is 5.75 Å². The van der Waals surface area contributed by atoms with Gasteiger partial charge >= 0.3 is 0 Å². The highest BCUT2D eigenvalue weighted by molar-refractivity contribution is 5.78. The van der Waals surface area contributed by atoms with E-state index in [4.69, 9.17) is 0 Å². The first-order valence-electron chi connectivity index (χ1n) is 5.69. The molecule has 0 saturated heterocycles. The summed E-state index contributed by atoms with van der Waals surface area (Å²) in [5.74, 6) is 0.0569. The van der Waals surface area contributed by atoms with Gasteiger partial charge in [0.15, 0.2) is 0 Å². The summed E-state index contributed by atoms with van der Waals surface area (Å²) in [4.78, 5) is 10.5. The summed E-state index contributed by atoms with van der Waals surface area (Å²) < 4.78 is 0. The van der Waals surface area contributed by atoms with Crippen molar-refractivity contribution in [3.63, 3.8) is 0 Å². The molecule has 0 aromatic heterocycles. The van der Waals surface area contributed by atoms with Crippen LogP contribution in [0, 0.1) is 10.1 Å². The molecule has 2 aromatic rings. The van der Waals surface area contributed by atoms with Gasteiger partial charge < -0.3 is 5.11 Å². The Morgan fingerprint density at radius 2 is 1.89 bits per heavy atom. The SMILES string of the molecule is CCc1ccc(O)c(-c2ccccc2[N+](=O)[O-])c1. The minimum Gasteiger partial charge on any atom is -0.507 e. The fraction of sp³-hybridized carbons (Fsp3) is 0.143. The normalized spacial score (nSPS) is 10.3. The van der Waals surface area contributed by atoms with Gasteiger partial charge in [-0.3, -0.25) is 10.1 Å². The van der Waals surface area contributed by atoms with E-state index in [1.54, 1.807) is 30.3 Å². The first-order chi connectivity index (χ1) is 8.63. The van der Waals surface area contributed by atoms with Gasteiger partial charge in [-0.25, -0.2) is 0 Å². The number of hydrogen-bond donors (Lipinski definition) is 1. The molecule has 18 heavy (non-hydrogen) atoms. The van der Waals surface area contributed by atoms with Gasteiger partial charge in [-0.1, -0.05) is 25.1 Å². The van der Waals surface area contributed by atoms with E-state index in [0.717, 1.165) is 12.0 Å². The number of benzene rings is 2. The zero-order valence-electron chi connectivity index (χ0n) is 9.96. The number of rotatable bonds is 3. The highest BCUT2D eigenvalue weighted by Gasteiger charge is 2.16. The Labute approximate surface area is 105 Å². The highest BCUT2D eigenvalue weighted by Crippen LogP contribution is 2.36. The lowest BCUT2D eigenvalue weighted by molar-refractivity contribution is -0.384. The lowest BCUT2D eigenvalue weighted by atomic mass is 9.99. The zero-order chi connectivity index (χ0) is 13.1. The number of nitro benzene ring substituents is 1. The molecular formula is C14H13NO3. The summed E-state index contributed by atoms with van der Waals surface area (Å²) in [5.41, 5.74) is 1.97. The van der Waals surface area contributed by atoms with Gasteiger partial charge in [0, 0.05) is 11.6 Å². The molecular weight excluding hydrogens is 230 g/mol. The van der Waals surface area contributed by atoms with E-state index in [9.17, 15) is 15.2 Å². The predicted octanol–water partition coefficient (Wildman–Crippen LogP) is 3.53. The van der Waals surface area contributed by atoms with E-state index < -0.39 is 4.92 Å². The van der Waals surface area contributed by atoms with Gasteiger partial charge in [-0.05, 0) is 30.2 Å². The van der Waals surface area contributed by atoms with Crippen molar-refractivity contribution in [3.8, 4) is 16.9 Å². The topological polar surface area (TPSA) is 63.4 Å². The Balaban J connectivity index is 2.65. The molecule has 0 aliphatic heterocycles. The van der Waals surface area contributed by atoms with Crippen LogP contribution in [-0.2, 0) is 6.42 Å². The molecule has 0 radical (unpaired) electrons. The number of phenolic OH excluding ortho intramolecular Hbond substituents is 1. The Morgan fingerprint density at radius 3 is 2.56 bits per heavy atom. The average molecular weight is 243 g/mol. The van der Waals surface area contributed by atoms with E-state index in [-0.39, 0.29) is 11.4 Å². The van der Waals surface area contributed by atoms with Gasteiger partial charge in [0.2, 0.25) is 0 Å². The summed E-state index contributed by atoms with van der Waals surface area (Å²) in [7, 11) is 0. The molecule has 0 aliphatic rings. The molecule has 0 spiro atoms. The molecule has 0 atom stereocenters. The minimum atomic E-state index is -0.437. The maximum Gasteiger partial charge on any atom is 0.277 e. The second-order valence-electron chi connectivity index (χ2n) is 3.98. The van der Waals surface area contributed by atoms with Crippen molar-refractivity contribution < 1.29 is 10.0 Å². The first-order valence-corrected chi connectivity index (χ1v) is 5.69. The van der Waals surface area contributed by atoms with Gasteiger partial charge in [0.05, 0.1) is 10.5 Å². The Bertz CT molecular complexity index is 593. The number of aromatic hydroxyl groups is 1. The zero-order valence-corrected chi connectivity index (χ0v) is 9.96. The Hall–Kier alpha value is -2.36. The maximum atomic E-state index is 11.0. The van der Waals surface area contributed by atoms with Crippen LogP contribution < -0.4 is 0 Å². The van der Waals surface area contributed by atoms with Crippen molar-refractivity contribution in [1.29, 1.82) is 0 Å². The van der Waals surface area contributed by atoms with E-state index in [2.05, 4.69) is 0 Å². The monoisotopic (exact) mass is 243 g/mol. The van der Waals surface area contributed by atoms with Crippen molar-refractivity contribution in [1.82, 2.24) is 0 Å². The molecule has 2 aromatic carbocycles. The van der Waals surface area contributed by atoms with Crippen molar-refractivity contribution in [2.45, 2.75) is 13.3 Å². The summed E-state index contributed by atoms with van der Waals surface area (Å²) >= 11 is 0. The number of nitrogens with zero attached hydrogens (tertiary/aromatic N) is 1. The second kappa shape index (κ2) is 4.87. The molecule has 0 bridgehead atoms. The van der Waals surface area contributed by atoms with Crippen LogP contribution in [-0.4, -0.2) is 10.0 Å². The molecule has 0 heterocycles. The third kappa shape index (κ3) is 2.18. The van der Waals surface area contributed by atoms with Crippen molar-refractivity contribution in [2.75, 3.05) is 0 Å². The minimum absolute atomic E-state index is 0.000975. The third-order valence-corrected chi connectivity index (χ3v) is 2.86. The summed E-state index contributed by atoms with van der Waals surface area (Å²) in [6.07, 6.45) is 0.813. The summed E-state index contributed by atoms with van der Waals surface area (Å²) in [6.45, 7) is 2.00. The Morgan fingerprint density at radius 1 is 1.17 bits per heavy atom. The van der Waals surface area contributed by atoms with Crippen LogP contribution in [0.1, 0.15) is 12.5 Å². The number of nitro groups is 1. The van der Waals surface area contributed by atoms with Crippen molar-refractivity contribution >= 4 is 5.69 Å². The van der Waals surface area contributed by atoms with Crippen molar-refractivity contribution in [2.24, 2.45) is 0 Å². The van der Waals surface area contributed by atoms with E-state index >= 15 is 0 Å². The predicted molar refractivity (Wildman–Crippen MR) is 69.6 cm³/mol. The molecule has 0 fully saturated rings. The van der Waals surface area contributed by atoms with Crippen LogP contribution in [0.15, 0.2) is 42.5 Å². The first kappa shape index (κ1) is 12.1. The van der Waals surface area contributed by atoms with E-state index in [1.807, 2.05) is 13.0 Å². The Kier molecular flexibility index (Phi) is 3.28. The van der Waals surface area contributed by atoms with Gasteiger partial charge in [0.25, 0.3) is 5.69 Å². The number of para-hydroxylation sites is 1. The fourth-order valence-electron chi connectivity index (χ4n) is 1.88. The number of aryl methyl sites for hydroxylation is 1. The van der Waals surface area contributed by atoms with Gasteiger partial charge in [-0.2, -0.15) is 0 Å². The number of phenols is 1. The largest absolute Gasteiger partial charge is 0.507 e. The molecule has 1 N–H and O–H groups in total. The lowest BCUT2D eigenvalue weighted by Gasteiger charge is -2.07. The summed E-state index contributed by atoms with van der Waals surface area (Å²) in [6, 6.07) is 11.6. The third-order valence-electron chi connectivity index (χ3n) is 2.86. The van der Waals surface area contributed by atoms with Gasteiger partial charge in [-0.15, -0.1) is 0 Å². The molecule has 0 unspecified atom stereocenters. The quantitative estimate of drug-likeness (QED) is 0.662. The average Bonchev–Trinajstić information content (AvgIpc) is 2.39. The molecule has 4 heteroatoms. The van der Waals surface area contributed by atoms with E-state index in [1.165, 1.54) is 6.07 Å². The molecule has 4 nitrogen and oxygen atoms in total. The standard InChI is InChI=1S/C14H13NO3/c1-2-10-7-8-14(16)12(9-10)11-5-3-4-6-13(11)15(17)18/h3-9,16H,2H2,1H3. The van der Waals surface area contributed by atoms with Crippen LogP contribution in [0.4, 0.5) is 5.69 Å². The molecule has 0 saturated carbocycles. The summed E-state index contributed by atoms with van der Waals surface area (Å²) in [5, 5.41) is 20.9. The smallest absolute Gasteiger partial charge is 0.277 e. The second-order valence-corrected chi connectivity index (χ2v) is 3.98. The van der Waals surface area contributed by atoms with Crippen LogP contribution in [0.5, 0.6) is 5.75 Å². The van der Waals surface area contributed by atoms with Crippen LogP contribution in [0.25, 0.3) is 11.1 Å². The van der Waals surface area contributed by atoms with Crippen molar-refractivity contribution in [3.05, 3.63) is 58.1 Å². The molecule has 2 rings (SSSR count). The molecule has 0 aliphatic carbocycles.